The second kappa shape index (κ2) is 5.88. The van der Waals surface area contributed by atoms with Gasteiger partial charge >= 0.3 is 0 Å². The van der Waals surface area contributed by atoms with Crippen LogP contribution in [0, 0.1) is 11.2 Å². The molecule has 19 heavy (non-hydrogen) atoms. The minimum Gasteiger partial charge on any atom is -0.491 e. The minimum atomic E-state index is -0.285. The van der Waals surface area contributed by atoms with E-state index in [4.69, 9.17) is 10.5 Å². The Kier molecular flexibility index (Phi) is 4.42. The summed E-state index contributed by atoms with van der Waals surface area (Å²) in [5.41, 5.74) is 7.07. The highest BCUT2D eigenvalue weighted by atomic mass is 19.1. The number of hydrogen-bond donors (Lipinski definition) is 1. The third-order valence-corrected chi connectivity index (χ3v) is 3.74. The van der Waals surface area contributed by atoms with Crippen LogP contribution in [0.1, 0.15) is 25.3 Å². The van der Waals surface area contributed by atoms with Crippen LogP contribution in [0.5, 0.6) is 5.75 Å². The zero-order valence-electron chi connectivity index (χ0n) is 11.8. The van der Waals surface area contributed by atoms with Gasteiger partial charge in [-0.1, -0.05) is 6.07 Å². The lowest BCUT2D eigenvalue weighted by molar-refractivity contribution is 0.258. The Morgan fingerprint density at radius 2 is 2.16 bits per heavy atom. The normalized spacial score (nSPS) is 16.7. The number of rotatable bonds is 7. The number of nitrogens with zero attached hydrogens (tertiary/aromatic N) is 1. The molecule has 1 aromatic rings. The highest BCUT2D eigenvalue weighted by Crippen LogP contribution is 2.45. The molecule has 0 saturated heterocycles. The average molecular weight is 266 g/mol. The maximum atomic E-state index is 13.7. The third-order valence-electron chi connectivity index (χ3n) is 3.74. The Morgan fingerprint density at radius 1 is 1.42 bits per heavy atom. The summed E-state index contributed by atoms with van der Waals surface area (Å²) < 4.78 is 18.9. The molecule has 3 nitrogen and oxygen atoms in total. The van der Waals surface area contributed by atoms with E-state index in [1.807, 2.05) is 13.0 Å². The molecule has 0 spiro atoms. The number of hydrogen-bond acceptors (Lipinski definition) is 3. The molecule has 1 saturated carbocycles. The van der Waals surface area contributed by atoms with E-state index in [-0.39, 0.29) is 5.82 Å². The molecule has 1 aliphatic rings. The van der Waals surface area contributed by atoms with Crippen LogP contribution in [0.2, 0.25) is 0 Å². The van der Waals surface area contributed by atoms with E-state index >= 15 is 0 Å². The van der Waals surface area contributed by atoms with Gasteiger partial charge in [0, 0.05) is 13.1 Å². The molecule has 0 radical (unpaired) electrons. The van der Waals surface area contributed by atoms with Gasteiger partial charge in [-0.3, -0.25) is 0 Å². The van der Waals surface area contributed by atoms with Crippen molar-refractivity contribution in [3.8, 4) is 5.75 Å². The summed E-state index contributed by atoms with van der Waals surface area (Å²) in [6.45, 7) is 4.80. The van der Waals surface area contributed by atoms with Gasteiger partial charge in [0.15, 0.2) is 11.6 Å². The van der Waals surface area contributed by atoms with E-state index in [0.717, 1.165) is 25.2 Å². The van der Waals surface area contributed by atoms with Gasteiger partial charge < -0.3 is 15.4 Å². The molecule has 0 bridgehead atoms. The fourth-order valence-electron chi connectivity index (χ4n) is 2.46. The van der Waals surface area contributed by atoms with Gasteiger partial charge in [-0.25, -0.2) is 4.39 Å². The Bertz CT molecular complexity index is 432. The molecule has 0 aliphatic heterocycles. The standard InChI is InChI=1S/C15H23FN2O/c1-3-19-14-5-4-12(8-13(14)16)9-18(2)11-15(10-17)6-7-15/h4-5,8H,3,6-7,9-11,17H2,1-2H3. The van der Waals surface area contributed by atoms with Crippen molar-refractivity contribution in [1.29, 1.82) is 0 Å². The maximum Gasteiger partial charge on any atom is 0.165 e. The van der Waals surface area contributed by atoms with Gasteiger partial charge in [-0.05, 0) is 56.5 Å². The van der Waals surface area contributed by atoms with E-state index in [0.29, 0.717) is 17.8 Å². The van der Waals surface area contributed by atoms with Gasteiger partial charge in [-0.15, -0.1) is 0 Å². The summed E-state index contributed by atoms with van der Waals surface area (Å²) in [7, 11) is 2.06. The first kappa shape index (κ1) is 14.3. The van der Waals surface area contributed by atoms with Crippen LogP contribution in [0.25, 0.3) is 0 Å². The molecular formula is C15H23FN2O. The van der Waals surface area contributed by atoms with Crippen LogP contribution in [-0.2, 0) is 6.54 Å². The molecule has 0 aromatic heterocycles. The summed E-state index contributed by atoms with van der Waals surface area (Å²) in [6, 6.07) is 5.19. The quantitative estimate of drug-likeness (QED) is 0.823. The van der Waals surface area contributed by atoms with Crippen molar-refractivity contribution in [2.45, 2.75) is 26.3 Å². The number of halogens is 1. The van der Waals surface area contributed by atoms with Crippen molar-refractivity contribution in [2.75, 3.05) is 26.7 Å². The Balaban J connectivity index is 1.93. The maximum absolute atomic E-state index is 13.7. The average Bonchev–Trinajstić information content (AvgIpc) is 3.13. The first-order valence-corrected chi connectivity index (χ1v) is 6.88. The molecular weight excluding hydrogens is 243 g/mol. The van der Waals surface area contributed by atoms with Crippen LogP contribution in [0.4, 0.5) is 4.39 Å². The second-order valence-corrected chi connectivity index (χ2v) is 5.57. The fraction of sp³-hybridized carbons (Fsp3) is 0.600. The number of nitrogens with two attached hydrogens (primary N) is 1. The summed E-state index contributed by atoms with van der Waals surface area (Å²) in [6.07, 6.45) is 2.43. The topological polar surface area (TPSA) is 38.5 Å². The van der Waals surface area contributed by atoms with Gasteiger partial charge in [0.1, 0.15) is 0 Å². The summed E-state index contributed by atoms with van der Waals surface area (Å²) >= 11 is 0. The van der Waals surface area contributed by atoms with Crippen LogP contribution >= 0.6 is 0 Å². The Labute approximate surface area is 114 Å². The zero-order valence-corrected chi connectivity index (χ0v) is 11.8. The van der Waals surface area contributed by atoms with Crippen LogP contribution < -0.4 is 10.5 Å². The zero-order chi connectivity index (χ0) is 13.9. The van der Waals surface area contributed by atoms with E-state index in [2.05, 4.69) is 11.9 Å². The molecule has 2 rings (SSSR count). The van der Waals surface area contributed by atoms with E-state index in [1.54, 1.807) is 12.1 Å². The molecule has 0 amide bonds. The molecule has 1 aromatic carbocycles. The molecule has 106 valence electrons. The lowest BCUT2D eigenvalue weighted by atomic mass is 10.1. The summed E-state index contributed by atoms with van der Waals surface area (Å²) in [4.78, 5) is 2.22. The first-order valence-electron chi connectivity index (χ1n) is 6.88. The minimum absolute atomic E-state index is 0.285. The second-order valence-electron chi connectivity index (χ2n) is 5.57. The van der Waals surface area contributed by atoms with Crippen molar-refractivity contribution in [2.24, 2.45) is 11.1 Å². The molecule has 0 unspecified atom stereocenters. The predicted octanol–water partition coefficient (Wildman–Crippen LogP) is 2.40. The van der Waals surface area contributed by atoms with E-state index < -0.39 is 0 Å². The van der Waals surface area contributed by atoms with Crippen molar-refractivity contribution in [3.63, 3.8) is 0 Å². The third kappa shape index (κ3) is 3.67. The largest absolute Gasteiger partial charge is 0.491 e. The van der Waals surface area contributed by atoms with Crippen molar-refractivity contribution >= 4 is 0 Å². The Hall–Kier alpha value is -1.13. The monoisotopic (exact) mass is 266 g/mol. The predicted molar refractivity (Wildman–Crippen MR) is 74.6 cm³/mol. The molecule has 1 aliphatic carbocycles. The lowest BCUT2D eigenvalue weighted by Crippen LogP contribution is -2.31. The van der Waals surface area contributed by atoms with Crippen molar-refractivity contribution in [3.05, 3.63) is 29.6 Å². The van der Waals surface area contributed by atoms with Gasteiger partial charge in [-0.2, -0.15) is 0 Å². The fourth-order valence-corrected chi connectivity index (χ4v) is 2.46. The van der Waals surface area contributed by atoms with Crippen LogP contribution in [0.3, 0.4) is 0 Å². The van der Waals surface area contributed by atoms with Crippen LogP contribution in [0.15, 0.2) is 18.2 Å². The lowest BCUT2D eigenvalue weighted by Gasteiger charge is -2.22. The molecule has 2 N–H and O–H groups in total. The van der Waals surface area contributed by atoms with Gasteiger partial charge in [0.2, 0.25) is 0 Å². The summed E-state index contributed by atoms with van der Waals surface area (Å²) in [5.74, 6) is 0.0437. The molecule has 0 atom stereocenters. The SMILES string of the molecule is CCOc1ccc(CN(C)CC2(CN)CC2)cc1F. The van der Waals surface area contributed by atoms with Gasteiger partial charge in [0.05, 0.1) is 6.61 Å². The van der Waals surface area contributed by atoms with Crippen molar-refractivity contribution in [1.82, 2.24) is 4.90 Å². The highest BCUT2D eigenvalue weighted by Gasteiger charge is 2.41. The van der Waals surface area contributed by atoms with E-state index in [9.17, 15) is 4.39 Å². The number of ether oxygens (including phenoxy) is 1. The smallest absolute Gasteiger partial charge is 0.165 e. The molecule has 0 heterocycles. The van der Waals surface area contributed by atoms with Crippen molar-refractivity contribution < 1.29 is 9.13 Å². The molecule has 4 heteroatoms. The summed E-state index contributed by atoms with van der Waals surface area (Å²) in [5, 5.41) is 0. The van der Waals surface area contributed by atoms with E-state index in [1.165, 1.54) is 12.8 Å². The number of benzene rings is 1. The van der Waals surface area contributed by atoms with Crippen LogP contribution in [-0.4, -0.2) is 31.6 Å². The van der Waals surface area contributed by atoms with Gasteiger partial charge in [0.25, 0.3) is 0 Å². The molecule has 1 fully saturated rings. The first-order chi connectivity index (χ1) is 9.08. The highest BCUT2D eigenvalue weighted by molar-refractivity contribution is 5.29. The Morgan fingerprint density at radius 3 is 2.68 bits per heavy atom.